The Morgan fingerprint density at radius 1 is 1.10 bits per heavy atom. The molecule has 1 aliphatic heterocycles. The van der Waals surface area contributed by atoms with Crippen molar-refractivity contribution in [1.82, 2.24) is 14.5 Å². The van der Waals surface area contributed by atoms with Crippen molar-refractivity contribution < 1.29 is 27.9 Å². The molecule has 9 heteroatoms. The standard InChI is InChI=1S/C21H21F2N3O4/c1-13-17(24-14(2)26(13)15-6-4-3-5-7-15)16(27)12-25-18(28)20(30-19(25)29)8-10-21(22,23)11-9-20/h3-7H,8-12H2,1-2H3. The first-order valence-corrected chi connectivity index (χ1v) is 9.71. The highest BCUT2D eigenvalue weighted by Crippen LogP contribution is 2.44. The highest BCUT2D eigenvalue weighted by atomic mass is 19.3. The van der Waals surface area contributed by atoms with Crippen LogP contribution in [0.5, 0.6) is 0 Å². The molecule has 2 aromatic rings. The lowest BCUT2D eigenvalue weighted by molar-refractivity contribution is -0.146. The Bertz CT molecular complexity index is 1020. The van der Waals surface area contributed by atoms with E-state index in [-0.39, 0.29) is 18.5 Å². The summed E-state index contributed by atoms with van der Waals surface area (Å²) in [6, 6.07) is 9.35. The molecule has 1 aliphatic carbocycles. The molecule has 2 heterocycles. The second-order valence-electron chi connectivity index (χ2n) is 7.80. The van der Waals surface area contributed by atoms with E-state index in [4.69, 9.17) is 4.74 Å². The van der Waals surface area contributed by atoms with Gasteiger partial charge in [0.1, 0.15) is 11.5 Å². The number of alkyl halides is 2. The molecular formula is C21H21F2N3O4. The normalized spacial score (nSPS) is 19.9. The fourth-order valence-corrected chi connectivity index (χ4v) is 4.15. The number of ketones is 1. The van der Waals surface area contributed by atoms with Gasteiger partial charge in [-0.2, -0.15) is 0 Å². The maximum atomic E-state index is 13.5. The summed E-state index contributed by atoms with van der Waals surface area (Å²) in [6.07, 6.45) is -2.55. The molecule has 1 aromatic heterocycles. The summed E-state index contributed by atoms with van der Waals surface area (Å²) >= 11 is 0. The summed E-state index contributed by atoms with van der Waals surface area (Å²) in [5.74, 6) is -3.54. The number of nitrogens with zero attached hydrogens (tertiary/aromatic N) is 3. The van der Waals surface area contributed by atoms with Crippen LogP contribution in [0.1, 0.15) is 47.7 Å². The molecule has 0 N–H and O–H groups in total. The lowest BCUT2D eigenvalue weighted by Crippen LogP contribution is -2.47. The van der Waals surface area contributed by atoms with Gasteiger partial charge in [0.15, 0.2) is 5.60 Å². The summed E-state index contributed by atoms with van der Waals surface area (Å²) in [5.41, 5.74) is -0.0328. The molecule has 2 aliphatic rings. The number of hydrogen-bond acceptors (Lipinski definition) is 5. The van der Waals surface area contributed by atoms with Crippen molar-refractivity contribution in [2.24, 2.45) is 0 Å². The maximum absolute atomic E-state index is 13.5. The topological polar surface area (TPSA) is 81.5 Å². The predicted molar refractivity (Wildman–Crippen MR) is 102 cm³/mol. The number of aromatic nitrogens is 2. The van der Waals surface area contributed by atoms with Crippen molar-refractivity contribution in [3.63, 3.8) is 0 Å². The average Bonchev–Trinajstić information content (AvgIpc) is 3.13. The Balaban J connectivity index is 1.55. The van der Waals surface area contributed by atoms with Crippen molar-refractivity contribution in [1.29, 1.82) is 0 Å². The Hall–Kier alpha value is -3.10. The number of halogens is 2. The molecule has 7 nitrogen and oxygen atoms in total. The van der Waals surface area contributed by atoms with E-state index in [1.54, 1.807) is 13.8 Å². The van der Waals surface area contributed by atoms with E-state index >= 15 is 0 Å². The average molecular weight is 417 g/mol. The zero-order chi connectivity index (χ0) is 21.7. The van der Waals surface area contributed by atoms with Crippen LogP contribution in [-0.4, -0.2) is 50.3 Å². The van der Waals surface area contributed by atoms with Gasteiger partial charge in [0, 0.05) is 31.4 Å². The van der Waals surface area contributed by atoms with E-state index in [9.17, 15) is 23.2 Å². The van der Waals surface area contributed by atoms with Gasteiger partial charge in [-0.25, -0.2) is 23.5 Å². The van der Waals surface area contributed by atoms with Crippen LogP contribution in [0.3, 0.4) is 0 Å². The number of carbonyl (C=O) groups excluding carboxylic acids is 3. The van der Waals surface area contributed by atoms with Gasteiger partial charge in [-0.1, -0.05) is 18.2 Å². The van der Waals surface area contributed by atoms with Gasteiger partial charge in [0.25, 0.3) is 5.91 Å². The summed E-state index contributed by atoms with van der Waals surface area (Å²) in [7, 11) is 0. The molecule has 0 atom stereocenters. The number of amides is 2. The Morgan fingerprint density at radius 2 is 1.73 bits per heavy atom. The molecule has 1 spiro atoms. The van der Waals surface area contributed by atoms with E-state index in [0.717, 1.165) is 5.69 Å². The molecular weight excluding hydrogens is 396 g/mol. The van der Waals surface area contributed by atoms with Crippen molar-refractivity contribution in [3.05, 3.63) is 47.5 Å². The second kappa shape index (κ2) is 7.00. The van der Waals surface area contributed by atoms with E-state index < -0.39 is 48.7 Å². The first-order valence-electron chi connectivity index (χ1n) is 9.71. The van der Waals surface area contributed by atoms with Gasteiger partial charge >= 0.3 is 6.09 Å². The minimum Gasteiger partial charge on any atom is -0.432 e. The van der Waals surface area contributed by atoms with Gasteiger partial charge in [-0.15, -0.1) is 0 Å². The quantitative estimate of drug-likeness (QED) is 0.710. The number of para-hydroxylation sites is 1. The molecule has 2 amide bonds. The summed E-state index contributed by atoms with van der Waals surface area (Å²) in [6.45, 7) is 2.94. The van der Waals surface area contributed by atoms with Crippen LogP contribution in [0.15, 0.2) is 30.3 Å². The highest BCUT2D eigenvalue weighted by Gasteiger charge is 2.58. The van der Waals surface area contributed by atoms with Crippen LogP contribution >= 0.6 is 0 Å². The van der Waals surface area contributed by atoms with Crippen molar-refractivity contribution >= 4 is 17.8 Å². The van der Waals surface area contributed by atoms with Crippen LogP contribution < -0.4 is 0 Å². The van der Waals surface area contributed by atoms with E-state index in [0.29, 0.717) is 16.4 Å². The van der Waals surface area contributed by atoms with Crippen molar-refractivity contribution in [2.45, 2.75) is 51.1 Å². The number of aryl methyl sites for hydroxylation is 1. The molecule has 1 saturated heterocycles. The number of imidazole rings is 1. The van der Waals surface area contributed by atoms with Crippen LogP contribution in [0.4, 0.5) is 13.6 Å². The fraction of sp³-hybridized carbons (Fsp3) is 0.429. The Morgan fingerprint density at radius 3 is 2.37 bits per heavy atom. The number of Topliss-reactive ketones (excluding diaryl/α,β-unsaturated/α-hetero) is 1. The number of carbonyl (C=O) groups is 3. The van der Waals surface area contributed by atoms with Gasteiger partial charge in [-0.3, -0.25) is 9.59 Å². The molecule has 1 saturated carbocycles. The summed E-state index contributed by atoms with van der Waals surface area (Å²) in [4.78, 5) is 43.0. The minimum absolute atomic E-state index is 0.146. The van der Waals surface area contributed by atoms with Crippen LogP contribution in [0.25, 0.3) is 5.69 Å². The lowest BCUT2D eigenvalue weighted by atomic mass is 9.82. The fourth-order valence-electron chi connectivity index (χ4n) is 4.15. The van der Waals surface area contributed by atoms with Crippen molar-refractivity contribution in [3.8, 4) is 5.69 Å². The summed E-state index contributed by atoms with van der Waals surface area (Å²) in [5, 5.41) is 0. The monoisotopic (exact) mass is 417 g/mol. The number of ether oxygens (including phenoxy) is 1. The molecule has 30 heavy (non-hydrogen) atoms. The van der Waals surface area contributed by atoms with Crippen LogP contribution in [-0.2, 0) is 9.53 Å². The van der Waals surface area contributed by atoms with E-state index in [1.165, 1.54) is 0 Å². The Labute approximate surface area is 171 Å². The number of rotatable bonds is 4. The molecule has 0 radical (unpaired) electrons. The minimum atomic E-state index is -2.87. The van der Waals surface area contributed by atoms with Gasteiger partial charge in [0.2, 0.25) is 11.7 Å². The maximum Gasteiger partial charge on any atom is 0.418 e. The number of imide groups is 1. The third-order valence-corrected chi connectivity index (χ3v) is 5.78. The molecule has 158 valence electrons. The predicted octanol–water partition coefficient (Wildman–Crippen LogP) is 3.60. The van der Waals surface area contributed by atoms with E-state index in [2.05, 4.69) is 4.98 Å². The zero-order valence-electron chi connectivity index (χ0n) is 16.7. The first kappa shape index (κ1) is 20.2. The third-order valence-electron chi connectivity index (χ3n) is 5.78. The third kappa shape index (κ3) is 3.28. The van der Waals surface area contributed by atoms with Gasteiger partial charge in [0.05, 0.1) is 12.2 Å². The zero-order valence-corrected chi connectivity index (χ0v) is 16.7. The van der Waals surface area contributed by atoms with E-state index in [1.807, 2.05) is 34.9 Å². The molecule has 1 aromatic carbocycles. The largest absolute Gasteiger partial charge is 0.432 e. The number of benzene rings is 1. The number of hydrogen-bond donors (Lipinski definition) is 0. The lowest BCUT2D eigenvalue weighted by Gasteiger charge is -2.33. The SMILES string of the molecule is Cc1nc(C(=O)CN2C(=O)OC3(CCC(F)(F)CC3)C2=O)c(C)n1-c1ccccc1. The highest BCUT2D eigenvalue weighted by molar-refractivity contribution is 6.08. The second-order valence-corrected chi connectivity index (χ2v) is 7.80. The first-order chi connectivity index (χ1) is 14.1. The summed E-state index contributed by atoms with van der Waals surface area (Å²) < 4.78 is 34.0. The van der Waals surface area contributed by atoms with Crippen LogP contribution in [0.2, 0.25) is 0 Å². The molecule has 0 bridgehead atoms. The van der Waals surface area contributed by atoms with Crippen molar-refractivity contribution in [2.75, 3.05) is 6.54 Å². The van der Waals surface area contributed by atoms with Crippen LogP contribution in [0, 0.1) is 13.8 Å². The Kier molecular flexibility index (Phi) is 4.71. The molecule has 2 fully saturated rings. The smallest absolute Gasteiger partial charge is 0.418 e. The molecule has 0 unspecified atom stereocenters. The van der Waals surface area contributed by atoms with Gasteiger partial charge in [-0.05, 0) is 26.0 Å². The van der Waals surface area contributed by atoms with Gasteiger partial charge < -0.3 is 9.30 Å². The molecule has 4 rings (SSSR count).